The third-order valence-electron chi connectivity index (χ3n) is 3.20. The van der Waals surface area contributed by atoms with E-state index in [1.165, 1.54) is 6.42 Å². The van der Waals surface area contributed by atoms with Gasteiger partial charge in [0.1, 0.15) is 0 Å². The Morgan fingerprint density at radius 1 is 1.09 bits per heavy atom. The van der Waals surface area contributed by atoms with Gasteiger partial charge in [-0.2, -0.15) is 0 Å². The highest BCUT2D eigenvalue weighted by Gasteiger charge is 2.34. The molecule has 0 radical (unpaired) electrons. The molecule has 0 bridgehead atoms. The molecule has 0 aliphatic carbocycles. The first kappa shape index (κ1) is 11.0. The number of hydrogen-bond acceptors (Lipinski definition) is 1. The summed E-state index contributed by atoms with van der Waals surface area (Å²) in [5, 5.41) is 0. The van der Waals surface area contributed by atoms with E-state index < -0.39 is 0 Å². The van der Waals surface area contributed by atoms with Crippen LogP contribution in [-0.2, 0) is 0 Å². The quantitative estimate of drug-likeness (QED) is 0.667. The lowest BCUT2D eigenvalue weighted by Crippen LogP contribution is -2.49. The predicted molar refractivity (Wildman–Crippen MR) is 51.6 cm³/mol. The highest BCUT2D eigenvalue weighted by Crippen LogP contribution is 2.34. The fourth-order valence-corrected chi connectivity index (χ4v) is 1.26. The van der Waals surface area contributed by atoms with Crippen molar-refractivity contribution < 1.29 is 0 Å². The smallest absolute Gasteiger partial charge is 0.0177 e. The summed E-state index contributed by atoms with van der Waals surface area (Å²) < 4.78 is 0. The van der Waals surface area contributed by atoms with Crippen LogP contribution in [0.3, 0.4) is 0 Å². The summed E-state index contributed by atoms with van der Waals surface area (Å²) in [7, 11) is 0. The van der Waals surface area contributed by atoms with Gasteiger partial charge in [-0.25, -0.2) is 0 Å². The lowest BCUT2D eigenvalue weighted by Gasteiger charge is -2.41. The monoisotopic (exact) mass is 157 g/mol. The van der Waals surface area contributed by atoms with E-state index in [9.17, 15) is 0 Å². The minimum absolute atomic E-state index is 0.00347. The Morgan fingerprint density at radius 3 is 1.82 bits per heavy atom. The zero-order valence-corrected chi connectivity index (χ0v) is 8.70. The molecule has 0 saturated carbocycles. The first-order valence-corrected chi connectivity index (χ1v) is 4.66. The van der Waals surface area contributed by atoms with Gasteiger partial charge in [0.2, 0.25) is 0 Å². The molecule has 2 N–H and O–H groups in total. The van der Waals surface area contributed by atoms with E-state index >= 15 is 0 Å². The maximum Gasteiger partial charge on any atom is 0.0177 e. The highest BCUT2D eigenvalue weighted by atomic mass is 14.8. The molecule has 1 atom stereocenters. The van der Waals surface area contributed by atoms with Crippen LogP contribution in [0.5, 0.6) is 0 Å². The molecule has 0 spiro atoms. The Hall–Kier alpha value is -0.0400. The molecule has 0 saturated heterocycles. The summed E-state index contributed by atoms with van der Waals surface area (Å²) in [4.78, 5) is 0. The van der Waals surface area contributed by atoms with Crippen LogP contribution in [-0.4, -0.2) is 5.54 Å². The summed E-state index contributed by atoms with van der Waals surface area (Å²) >= 11 is 0. The minimum Gasteiger partial charge on any atom is -0.325 e. The predicted octanol–water partition coefficient (Wildman–Crippen LogP) is 2.94. The van der Waals surface area contributed by atoms with Crippen molar-refractivity contribution in [2.75, 3.05) is 0 Å². The SMILES string of the molecule is CCCC(C)(N)C(C)(C)CC. The second-order valence-electron chi connectivity index (χ2n) is 4.40. The van der Waals surface area contributed by atoms with Crippen molar-refractivity contribution in [1.82, 2.24) is 0 Å². The third kappa shape index (κ3) is 2.48. The maximum atomic E-state index is 6.22. The average Bonchev–Trinajstić information content (AvgIpc) is 1.87. The molecule has 0 aromatic rings. The molecule has 1 heteroatoms. The van der Waals surface area contributed by atoms with Crippen LogP contribution >= 0.6 is 0 Å². The van der Waals surface area contributed by atoms with Crippen molar-refractivity contribution in [3.63, 3.8) is 0 Å². The van der Waals surface area contributed by atoms with Gasteiger partial charge in [-0.1, -0.05) is 34.1 Å². The normalized spacial score (nSPS) is 18.0. The molecular weight excluding hydrogens is 134 g/mol. The van der Waals surface area contributed by atoms with Gasteiger partial charge in [-0.3, -0.25) is 0 Å². The van der Waals surface area contributed by atoms with E-state index in [1.54, 1.807) is 0 Å². The Kier molecular flexibility index (Phi) is 3.56. The van der Waals surface area contributed by atoms with Crippen molar-refractivity contribution in [2.24, 2.45) is 11.1 Å². The van der Waals surface area contributed by atoms with E-state index in [2.05, 4.69) is 34.6 Å². The molecule has 0 aliphatic heterocycles. The van der Waals surface area contributed by atoms with Crippen LogP contribution in [0.25, 0.3) is 0 Å². The molecule has 0 heterocycles. The van der Waals surface area contributed by atoms with Gasteiger partial charge in [0.05, 0.1) is 0 Å². The largest absolute Gasteiger partial charge is 0.325 e. The Balaban J connectivity index is 4.26. The zero-order valence-electron chi connectivity index (χ0n) is 8.70. The standard InChI is InChI=1S/C10H23N/c1-6-8-10(5,11)9(3,4)7-2/h6-8,11H2,1-5H3. The maximum absolute atomic E-state index is 6.22. The molecular formula is C10H23N. The van der Waals surface area contributed by atoms with Crippen molar-refractivity contribution >= 4 is 0 Å². The van der Waals surface area contributed by atoms with E-state index in [-0.39, 0.29) is 11.0 Å². The van der Waals surface area contributed by atoms with Crippen LogP contribution < -0.4 is 5.73 Å². The summed E-state index contributed by atoms with van der Waals surface area (Å²) in [6, 6.07) is 0. The molecule has 1 unspecified atom stereocenters. The molecule has 0 amide bonds. The van der Waals surface area contributed by atoms with Gasteiger partial charge < -0.3 is 5.73 Å². The van der Waals surface area contributed by atoms with Gasteiger partial charge in [0.25, 0.3) is 0 Å². The second kappa shape index (κ2) is 3.57. The molecule has 68 valence electrons. The molecule has 0 fully saturated rings. The minimum atomic E-state index is -0.00347. The van der Waals surface area contributed by atoms with Gasteiger partial charge in [0.15, 0.2) is 0 Å². The summed E-state index contributed by atoms with van der Waals surface area (Å²) in [5.74, 6) is 0. The summed E-state index contributed by atoms with van der Waals surface area (Å²) in [6.07, 6.45) is 3.45. The summed E-state index contributed by atoms with van der Waals surface area (Å²) in [5.41, 5.74) is 6.48. The lowest BCUT2D eigenvalue weighted by molar-refractivity contribution is 0.163. The lowest BCUT2D eigenvalue weighted by atomic mass is 9.70. The molecule has 11 heavy (non-hydrogen) atoms. The average molecular weight is 157 g/mol. The fraction of sp³-hybridized carbons (Fsp3) is 1.00. The fourth-order valence-electron chi connectivity index (χ4n) is 1.26. The third-order valence-corrected chi connectivity index (χ3v) is 3.20. The first-order valence-electron chi connectivity index (χ1n) is 4.66. The van der Waals surface area contributed by atoms with Crippen molar-refractivity contribution in [2.45, 2.75) is 59.4 Å². The van der Waals surface area contributed by atoms with Crippen molar-refractivity contribution in [3.8, 4) is 0 Å². The Labute approximate surface area is 71.4 Å². The van der Waals surface area contributed by atoms with Crippen LogP contribution in [0, 0.1) is 5.41 Å². The Bertz CT molecular complexity index is 114. The summed E-state index contributed by atoms with van der Waals surface area (Å²) in [6.45, 7) is 11.1. The topological polar surface area (TPSA) is 26.0 Å². The molecule has 0 aliphatic rings. The van der Waals surface area contributed by atoms with Crippen LogP contribution in [0.2, 0.25) is 0 Å². The van der Waals surface area contributed by atoms with Crippen LogP contribution in [0.4, 0.5) is 0 Å². The first-order chi connectivity index (χ1) is 4.87. The van der Waals surface area contributed by atoms with E-state index in [0.717, 1.165) is 12.8 Å². The highest BCUT2D eigenvalue weighted by molar-refractivity contribution is 4.92. The van der Waals surface area contributed by atoms with Gasteiger partial charge in [-0.15, -0.1) is 0 Å². The van der Waals surface area contributed by atoms with E-state index in [1.807, 2.05) is 0 Å². The second-order valence-corrected chi connectivity index (χ2v) is 4.40. The number of nitrogens with two attached hydrogens (primary N) is 1. The molecule has 0 aromatic heterocycles. The Morgan fingerprint density at radius 2 is 1.55 bits per heavy atom. The van der Waals surface area contributed by atoms with Gasteiger partial charge in [0, 0.05) is 5.54 Å². The molecule has 0 aromatic carbocycles. The van der Waals surface area contributed by atoms with E-state index in [0.29, 0.717) is 0 Å². The van der Waals surface area contributed by atoms with Gasteiger partial charge in [-0.05, 0) is 25.2 Å². The molecule has 0 rings (SSSR count). The van der Waals surface area contributed by atoms with Gasteiger partial charge >= 0.3 is 0 Å². The zero-order chi connectivity index (χ0) is 9.12. The van der Waals surface area contributed by atoms with E-state index in [4.69, 9.17) is 5.73 Å². The van der Waals surface area contributed by atoms with Crippen molar-refractivity contribution in [3.05, 3.63) is 0 Å². The number of rotatable bonds is 4. The van der Waals surface area contributed by atoms with Crippen LogP contribution in [0.15, 0.2) is 0 Å². The van der Waals surface area contributed by atoms with Crippen molar-refractivity contribution in [1.29, 1.82) is 0 Å². The number of hydrogen-bond donors (Lipinski definition) is 1. The molecule has 1 nitrogen and oxygen atoms in total. The van der Waals surface area contributed by atoms with Crippen LogP contribution in [0.1, 0.15) is 53.9 Å².